The maximum atomic E-state index is 11.0. The van der Waals surface area contributed by atoms with Crippen molar-refractivity contribution in [3.63, 3.8) is 0 Å². The van der Waals surface area contributed by atoms with Crippen molar-refractivity contribution in [3.05, 3.63) is 54.7 Å². The lowest BCUT2D eigenvalue weighted by molar-refractivity contribution is -0.385. The number of nitrogens with zero attached hydrogens (tertiary/aromatic N) is 1. The predicted octanol–water partition coefficient (Wildman–Crippen LogP) is 5.11. The molecule has 0 spiro atoms. The number of fused-ring (bicyclic) bond motifs is 1. The van der Waals surface area contributed by atoms with E-state index in [9.17, 15) is 10.1 Å². The summed E-state index contributed by atoms with van der Waals surface area (Å²) in [5.74, 6) is 0. The smallest absolute Gasteiger partial charge is 0.274 e. The fourth-order valence-corrected chi connectivity index (χ4v) is 4.15. The summed E-state index contributed by atoms with van der Waals surface area (Å²) in [6.45, 7) is 1.75. The van der Waals surface area contributed by atoms with Crippen molar-refractivity contribution in [2.75, 3.05) is 5.32 Å². The van der Waals surface area contributed by atoms with Gasteiger partial charge in [-0.1, -0.05) is 17.7 Å². The number of thiophene rings is 1. The molecule has 0 saturated heterocycles. The zero-order valence-electron chi connectivity index (χ0n) is 11.6. The SMILES string of the molecule is Cc1ccc(NC2CCCc3sc(Cl)cc32)cc1[N+](=O)[O-]. The van der Waals surface area contributed by atoms with Gasteiger partial charge in [0.2, 0.25) is 0 Å². The molecule has 3 rings (SSSR count). The number of benzene rings is 1. The van der Waals surface area contributed by atoms with E-state index >= 15 is 0 Å². The summed E-state index contributed by atoms with van der Waals surface area (Å²) in [5.41, 5.74) is 2.85. The van der Waals surface area contributed by atoms with E-state index in [1.165, 1.54) is 10.4 Å². The summed E-state index contributed by atoms with van der Waals surface area (Å²) in [5, 5.41) is 14.4. The van der Waals surface area contributed by atoms with Crippen molar-refractivity contribution in [2.24, 2.45) is 0 Å². The van der Waals surface area contributed by atoms with Gasteiger partial charge in [0.1, 0.15) is 0 Å². The molecular formula is C15H15ClN2O2S. The summed E-state index contributed by atoms with van der Waals surface area (Å²) < 4.78 is 0.809. The van der Waals surface area contributed by atoms with Crippen molar-refractivity contribution in [1.82, 2.24) is 0 Å². The Morgan fingerprint density at radius 2 is 2.24 bits per heavy atom. The fraction of sp³-hybridized carbons (Fsp3) is 0.333. The third-order valence-corrected chi connectivity index (χ3v) is 5.17. The molecule has 1 N–H and O–H groups in total. The topological polar surface area (TPSA) is 55.2 Å². The van der Waals surface area contributed by atoms with E-state index < -0.39 is 0 Å². The third-order valence-electron chi connectivity index (χ3n) is 3.83. The van der Waals surface area contributed by atoms with Gasteiger partial charge in [-0.05, 0) is 43.9 Å². The monoisotopic (exact) mass is 322 g/mol. The van der Waals surface area contributed by atoms with Crippen molar-refractivity contribution in [3.8, 4) is 0 Å². The Morgan fingerprint density at radius 1 is 1.43 bits per heavy atom. The number of nitrogens with one attached hydrogen (secondary N) is 1. The maximum absolute atomic E-state index is 11.0. The lowest BCUT2D eigenvalue weighted by atomic mass is 9.94. The van der Waals surface area contributed by atoms with E-state index in [0.717, 1.165) is 29.3 Å². The van der Waals surface area contributed by atoms with Crippen LogP contribution in [-0.2, 0) is 6.42 Å². The van der Waals surface area contributed by atoms with Gasteiger partial charge in [-0.15, -0.1) is 11.3 Å². The summed E-state index contributed by atoms with van der Waals surface area (Å²) in [7, 11) is 0. The molecule has 6 heteroatoms. The quantitative estimate of drug-likeness (QED) is 0.631. The number of halogens is 1. The first-order chi connectivity index (χ1) is 10.0. The number of aryl methyl sites for hydroxylation is 2. The van der Waals surface area contributed by atoms with E-state index in [-0.39, 0.29) is 16.7 Å². The number of hydrogen-bond acceptors (Lipinski definition) is 4. The molecule has 1 aliphatic carbocycles. The van der Waals surface area contributed by atoms with Gasteiger partial charge in [-0.3, -0.25) is 10.1 Å². The van der Waals surface area contributed by atoms with Crippen molar-refractivity contribution >= 4 is 34.3 Å². The van der Waals surface area contributed by atoms with Gasteiger partial charge in [0.15, 0.2) is 0 Å². The minimum atomic E-state index is -0.339. The molecule has 4 nitrogen and oxygen atoms in total. The fourth-order valence-electron chi connectivity index (χ4n) is 2.77. The second kappa shape index (κ2) is 5.66. The van der Waals surface area contributed by atoms with E-state index in [4.69, 9.17) is 11.6 Å². The largest absolute Gasteiger partial charge is 0.378 e. The zero-order chi connectivity index (χ0) is 15.0. The molecule has 1 aromatic carbocycles. The van der Waals surface area contributed by atoms with E-state index in [1.807, 2.05) is 12.1 Å². The van der Waals surface area contributed by atoms with Crippen molar-refractivity contribution < 1.29 is 4.92 Å². The van der Waals surface area contributed by atoms with Crippen LogP contribution in [0.15, 0.2) is 24.3 Å². The Bertz CT molecular complexity index is 699. The minimum absolute atomic E-state index is 0.152. The first-order valence-electron chi connectivity index (χ1n) is 6.84. The molecule has 2 aromatic rings. The molecule has 1 atom stereocenters. The Kier molecular flexibility index (Phi) is 3.87. The minimum Gasteiger partial charge on any atom is -0.378 e. The van der Waals surface area contributed by atoms with E-state index in [1.54, 1.807) is 30.4 Å². The number of nitro benzene ring substituents is 1. The Hall–Kier alpha value is -1.59. The molecule has 0 aliphatic heterocycles. The lowest BCUT2D eigenvalue weighted by Gasteiger charge is -2.24. The molecule has 0 fully saturated rings. The van der Waals surface area contributed by atoms with E-state index in [2.05, 4.69) is 5.32 Å². The zero-order valence-corrected chi connectivity index (χ0v) is 13.1. The standard InChI is InChI=1S/C15H15ClN2O2S/c1-9-5-6-10(7-13(9)18(19)20)17-12-3-2-4-14-11(12)8-15(16)21-14/h5-8,12,17H,2-4H2,1H3. The van der Waals surface area contributed by atoms with Crippen LogP contribution in [0.1, 0.15) is 34.9 Å². The molecule has 1 unspecified atom stereocenters. The number of hydrogen-bond donors (Lipinski definition) is 1. The van der Waals surface area contributed by atoms with Crippen LogP contribution in [0, 0.1) is 17.0 Å². The second-order valence-electron chi connectivity index (χ2n) is 5.28. The van der Waals surface area contributed by atoms with Gasteiger partial charge in [-0.2, -0.15) is 0 Å². The van der Waals surface area contributed by atoms with Crippen LogP contribution in [0.4, 0.5) is 11.4 Å². The van der Waals surface area contributed by atoms with Gasteiger partial charge in [0, 0.05) is 22.2 Å². The average Bonchev–Trinajstić information content (AvgIpc) is 2.82. The summed E-state index contributed by atoms with van der Waals surface area (Å²) in [4.78, 5) is 12.0. The van der Waals surface area contributed by atoms with Crippen LogP contribution >= 0.6 is 22.9 Å². The summed E-state index contributed by atoms with van der Waals surface area (Å²) in [6.07, 6.45) is 3.19. The Labute approximate surface area is 131 Å². The van der Waals surface area contributed by atoms with Gasteiger partial charge in [-0.25, -0.2) is 0 Å². The molecule has 0 amide bonds. The van der Waals surface area contributed by atoms with Crippen molar-refractivity contribution in [1.29, 1.82) is 0 Å². The second-order valence-corrected chi connectivity index (χ2v) is 7.04. The van der Waals surface area contributed by atoms with E-state index in [0.29, 0.717) is 5.56 Å². The molecule has 1 aliphatic rings. The number of anilines is 1. The van der Waals surface area contributed by atoms with Gasteiger partial charge < -0.3 is 5.32 Å². The van der Waals surface area contributed by atoms with Crippen LogP contribution in [0.2, 0.25) is 4.34 Å². The van der Waals surface area contributed by atoms with Gasteiger partial charge in [0.25, 0.3) is 5.69 Å². The predicted molar refractivity (Wildman–Crippen MR) is 86.5 cm³/mol. The molecule has 0 radical (unpaired) electrons. The highest BCUT2D eigenvalue weighted by molar-refractivity contribution is 7.16. The molecule has 1 aromatic heterocycles. The molecule has 110 valence electrons. The first-order valence-corrected chi connectivity index (χ1v) is 8.03. The highest BCUT2D eigenvalue weighted by atomic mass is 35.5. The van der Waals surface area contributed by atoms with Crippen molar-refractivity contribution in [2.45, 2.75) is 32.2 Å². The lowest BCUT2D eigenvalue weighted by Crippen LogP contribution is -2.15. The third kappa shape index (κ3) is 2.89. The normalized spacial score (nSPS) is 17.3. The molecule has 21 heavy (non-hydrogen) atoms. The number of nitro groups is 1. The van der Waals surface area contributed by atoms with Gasteiger partial charge >= 0.3 is 0 Å². The Balaban J connectivity index is 1.88. The molecule has 1 heterocycles. The highest BCUT2D eigenvalue weighted by Crippen LogP contribution is 2.39. The van der Waals surface area contributed by atoms with Crippen LogP contribution in [0.3, 0.4) is 0 Å². The Morgan fingerprint density at radius 3 is 3.00 bits per heavy atom. The van der Waals surface area contributed by atoms with Crippen LogP contribution in [0.25, 0.3) is 0 Å². The maximum Gasteiger partial charge on any atom is 0.274 e. The highest BCUT2D eigenvalue weighted by Gasteiger charge is 2.23. The van der Waals surface area contributed by atoms with Crippen LogP contribution < -0.4 is 5.32 Å². The van der Waals surface area contributed by atoms with Gasteiger partial charge in [0.05, 0.1) is 15.3 Å². The van der Waals surface area contributed by atoms with Crippen LogP contribution in [0.5, 0.6) is 0 Å². The summed E-state index contributed by atoms with van der Waals surface area (Å²) in [6, 6.07) is 7.48. The molecule has 0 bridgehead atoms. The van der Waals surface area contributed by atoms with Crippen LogP contribution in [-0.4, -0.2) is 4.92 Å². The average molecular weight is 323 g/mol. The first kappa shape index (κ1) is 14.4. The molecular weight excluding hydrogens is 308 g/mol. The number of rotatable bonds is 3. The molecule has 0 saturated carbocycles. The summed E-state index contributed by atoms with van der Waals surface area (Å²) >= 11 is 7.74.